The first-order valence-corrected chi connectivity index (χ1v) is 6.34. The van der Waals surface area contributed by atoms with E-state index in [0.717, 1.165) is 19.3 Å². The van der Waals surface area contributed by atoms with Crippen LogP contribution in [0.25, 0.3) is 0 Å². The van der Waals surface area contributed by atoms with Crippen LogP contribution in [0.1, 0.15) is 39.5 Å². The molecule has 1 aliphatic carbocycles. The fourth-order valence-corrected chi connectivity index (χ4v) is 2.51. The molecular weight excluding hydrogens is 214 g/mol. The van der Waals surface area contributed by atoms with Gasteiger partial charge in [0.2, 0.25) is 5.91 Å². The summed E-state index contributed by atoms with van der Waals surface area (Å²) in [7, 11) is 0. The van der Waals surface area contributed by atoms with Crippen molar-refractivity contribution in [1.29, 1.82) is 0 Å². The molecule has 0 aromatic heterocycles. The lowest BCUT2D eigenvalue weighted by Gasteiger charge is -2.39. The van der Waals surface area contributed by atoms with Gasteiger partial charge in [-0.05, 0) is 25.7 Å². The monoisotopic (exact) mass is 237 g/mol. The number of amides is 1. The maximum absolute atomic E-state index is 11.7. The van der Waals surface area contributed by atoms with Crippen LogP contribution in [0.4, 0.5) is 0 Å². The smallest absolute Gasteiger partial charge is 0.244 e. The SMILES string of the molecule is CC=CC=CC(=O)NC1(CO)CCCC(C)C1. The molecule has 0 heterocycles. The van der Waals surface area contributed by atoms with Crippen molar-refractivity contribution in [2.75, 3.05) is 6.61 Å². The summed E-state index contributed by atoms with van der Waals surface area (Å²) in [5.74, 6) is 0.446. The van der Waals surface area contributed by atoms with E-state index in [0.29, 0.717) is 5.92 Å². The molecule has 0 aromatic rings. The van der Waals surface area contributed by atoms with Gasteiger partial charge in [0.15, 0.2) is 0 Å². The number of carbonyl (C=O) groups excluding carboxylic acids is 1. The van der Waals surface area contributed by atoms with Gasteiger partial charge in [-0.3, -0.25) is 4.79 Å². The molecule has 0 aliphatic heterocycles. The molecule has 2 unspecified atom stereocenters. The van der Waals surface area contributed by atoms with E-state index < -0.39 is 5.54 Å². The topological polar surface area (TPSA) is 49.3 Å². The Morgan fingerprint density at radius 3 is 2.88 bits per heavy atom. The number of hydrogen-bond donors (Lipinski definition) is 2. The molecule has 1 saturated carbocycles. The summed E-state index contributed by atoms with van der Waals surface area (Å²) in [6.07, 6.45) is 10.9. The van der Waals surface area contributed by atoms with E-state index in [9.17, 15) is 9.90 Å². The third-order valence-corrected chi connectivity index (χ3v) is 3.33. The minimum absolute atomic E-state index is 0.0283. The van der Waals surface area contributed by atoms with Crippen LogP contribution in [-0.2, 0) is 4.79 Å². The fraction of sp³-hybridized carbons (Fsp3) is 0.643. The Morgan fingerprint density at radius 2 is 2.29 bits per heavy atom. The summed E-state index contributed by atoms with van der Waals surface area (Å²) in [6.45, 7) is 4.10. The van der Waals surface area contributed by atoms with E-state index in [1.807, 2.05) is 19.1 Å². The van der Waals surface area contributed by atoms with Crippen molar-refractivity contribution in [3.05, 3.63) is 24.3 Å². The first kappa shape index (κ1) is 14.0. The van der Waals surface area contributed by atoms with Crippen LogP contribution >= 0.6 is 0 Å². The molecule has 0 spiro atoms. The van der Waals surface area contributed by atoms with E-state index in [1.165, 1.54) is 12.5 Å². The van der Waals surface area contributed by atoms with E-state index in [4.69, 9.17) is 0 Å². The Kier molecular flexibility index (Phi) is 5.42. The first-order valence-electron chi connectivity index (χ1n) is 6.34. The molecule has 17 heavy (non-hydrogen) atoms. The molecule has 96 valence electrons. The minimum Gasteiger partial charge on any atom is -0.394 e. The van der Waals surface area contributed by atoms with Crippen molar-refractivity contribution >= 4 is 5.91 Å². The van der Waals surface area contributed by atoms with E-state index in [-0.39, 0.29) is 12.5 Å². The van der Waals surface area contributed by atoms with Crippen molar-refractivity contribution in [2.45, 2.75) is 45.1 Å². The highest BCUT2D eigenvalue weighted by atomic mass is 16.3. The zero-order valence-electron chi connectivity index (χ0n) is 10.8. The van der Waals surface area contributed by atoms with Crippen LogP contribution in [0.15, 0.2) is 24.3 Å². The number of carbonyl (C=O) groups is 1. The van der Waals surface area contributed by atoms with Crippen LogP contribution in [0, 0.1) is 5.92 Å². The molecule has 1 amide bonds. The summed E-state index contributed by atoms with van der Waals surface area (Å²) >= 11 is 0. The van der Waals surface area contributed by atoms with Gasteiger partial charge in [-0.1, -0.05) is 38.0 Å². The Bertz CT molecular complexity index is 309. The van der Waals surface area contributed by atoms with Gasteiger partial charge < -0.3 is 10.4 Å². The van der Waals surface area contributed by atoms with Crippen molar-refractivity contribution in [2.24, 2.45) is 5.92 Å². The minimum atomic E-state index is -0.408. The Balaban J connectivity index is 2.59. The summed E-state index contributed by atoms with van der Waals surface area (Å²) in [5, 5.41) is 12.5. The Labute approximate surface area is 104 Å². The predicted molar refractivity (Wildman–Crippen MR) is 69.5 cm³/mol. The summed E-state index contributed by atoms with van der Waals surface area (Å²) in [5.41, 5.74) is -0.408. The number of aliphatic hydroxyl groups is 1. The van der Waals surface area contributed by atoms with Crippen LogP contribution in [-0.4, -0.2) is 23.2 Å². The average molecular weight is 237 g/mol. The molecular formula is C14H23NO2. The fourth-order valence-electron chi connectivity index (χ4n) is 2.51. The van der Waals surface area contributed by atoms with E-state index >= 15 is 0 Å². The Hall–Kier alpha value is -1.09. The lowest BCUT2D eigenvalue weighted by molar-refractivity contribution is -0.119. The van der Waals surface area contributed by atoms with E-state index in [2.05, 4.69) is 12.2 Å². The quantitative estimate of drug-likeness (QED) is 0.581. The second kappa shape index (κ2) is 6.60. The van der Waals surface area contributed by atoms with Gasteiger partial charge in [-0.15, -0.1) is 0 Å². The molecule has 3 heteroatoms. The predicted octanol–water partition coefficient (Wildman–Crippen LogP) is 2.18. The highest BCUT2D eigenvalue weighted by Gasteiger charge is 2.35. The molecule has 1 fully saturated rings. The zero-order valence-corrected chi connectivity index (χ0v) is 10.8. The molecule has 0 bridgehead atoms. The van der Waals surface area contributed by atoms with Crippen LogP contribution < -0.4 is 5.32 Å². The normalized spacial score (nSPS) is 29.9. The lowest BCUT2D eigenvalue weighted by atomic mass is 9.77. The maximum atomic E-state index is 11.7. The second-order valence-electron chi connectivity index (χ2n) is 5.01. The van der Waals surface area contributed by atoms with Gasteiger partial charge in [0.25, 0.3) is 0 Å². The van der Waals surface area contributed by atoms with Gasteiger partial charge >= 0.3 is 0 Å². The second-order valence-corrected chi connectivity index (χ2v) is 5.01. The molecule has 3 nitrogen and oxygen atoms in total. The van der Waals surface area contributed by atoms with Gasteiger partial charge in [0, 0.05) is 6.08 Å². The van der Waals surface area contributed by atoms with Crippen molar-refractivity contribution in [3.8, 4) is 0 Å². The number of allylic oxidation sites excluding steroid dienone is 3. The number of rotatable bonds is 4. The first-order chi connectivity index (χ1) is 8.12. The Morgan fingerprint density at radius 1 is 1.53 bits per heavy atom. The molecule has 0 aromatic carbocycles. The average Bonchev–Trinajstić information content (AvgIpc) is 2.29. The van der Waals surface area contributed by atoms with Crippen LogP contribution in [0.3, 0.4) is 0 Å². The molecule has 0 radical (unpaired) electrons. The van der Waals surface area contributed by atoms with Crippen molar-refractivity contribution < 1.29 is 9.90 Å². The highest BCUT2D eigenvalue weighted by molar-refractivity contribution is 5.88. The molecule has 2 N–H and O–H groups in total. The number of nitrogens with one attached hydrogen (secondary N) is 1. The standard InChI is InChI=1S/C14H23NO2/c1-3-4-5-8-13(17)15-14(11-16)9-6-7-12(2)10-14/h3-5,8,12,16H,6-7,9-11H2,1-2H3,(H,15,17). The van der Waals surface area contributed by atoms with Gasteiger partial charge in [-0.25, -0.2) is 0 Å². The third kappa shape index (κ3) is 4.35. The maximum Gasteiger partial charge on any atom is 0.244 e. The number of aliphatic hydroxyl groups excluding tert-OH is 1. The summed E-state index contributed by atoms with van der Waals surface area (Å²) < 4.78 is 0. The summed E-state index contributed by atoms with van der Waals surface area (Å²) in [6, 6.07) is 0. The lowest BCUT2D eigenvalue weighted by Crippen LogP contribution is -2.53. The van der Waals surface area contributed by atoms with E-state index in [1.54, 1.807) is 6.08 Å². The highest BCUT2D eigenvalue weighted by Crippen LogP contribution is 2.31. The van der Waals surface area contributed by atoms with Crippen LogP contribution in [0.2, 0.25) is 0 Å². The van der Waals surface area contributed by atoms with Gasteiger partial charge in [-0.2, -0.15) is 0 Å². The molecule has 1 aliphatic rings. The third-order valence-electron chi connectivity index (χ3n) is 3.33. The van der Waals surface area contributed by atoms with Crippen molar-refractivity contribution in [3.63, 3.8) is 0 Å². The zero-order chi connectivity index (χ0) is 12.7. The number of hydrogen-bond acceptors (Lipinski definition) is 2. The van der Waals surface area contributed by atoms with Crippen LogP contribution in [0.5, 0.6) is 0 Å². The van der Waals surface area contributed by atoms with Crippen molar-refractivity contribution in [1.82, 2.24) is 5.32 Å². The van der Waals surface area contributed by atoms with Gasteiger partial charge in [0.05, 0.1) is 12.1 Å². The molecule has 1 rings (SSSR count). The van der Waals surface area contributed by atoms with Gasteiger partial charge in [0.1, 0.15) is 0 Å². The molecule has 2 atom stereocenters. The molecule has 0 saturated heterocycles. The summed E-state index contributed by atoms with van der Waals surface area (Å²) in [4.78, 5) is 11.7. The largest absolute Gasteiger partial charge is 0.394 e.